The van der Waals surface area contributed by atoms with E-state index in [-0.39, 0.29) is 0 Å². The van der Waals surface area contributed by atoms with Crippen LogP contribution in [0.5, 0.6) is 5.75 Å². The van der Waals surface area contributed by atoms with Gasteiger partial charge in [-0.15, -0.1) is 0 Å². The minimum atomic E-state index is 0.351. The number of nitrogens with one attached hydrogen (secondary N) is 2. The van der Waals surface area contributed by atoms with Crippen LogP contribution in [0.25, 0.3) is 0 Å². The average Bonchev–Trinajstić information content (AvgIpc) is 3.40. The monoisotopic (exact) mass is 384 g/mol. The zero-order valence-electron chi connectivity index (χ0n) is 17.1. The molecule has 1 aliphatic rings. The molecule has 1 aromatic carbocycles. The van der Waals surface area contributed by atoms with Crippen LogP contribution in [0.2, 0.25) is 0 Å². The molecule has 0 spiro atoms. The topological polar surface area (TPSA) is 62.0 Å². The third kappa shape index (κ3) is 5.44. The Bertz CT molecular complexity index is 745. The molecule has 0 saturated carbocycles. The number of benzene rings is 1. The van der Waals surface area contributed by atoms with Gasteiger partial charge in [-0.3, -0.25) is 4.99 Å². The maximum atomic E-state index is 5.52. The van der Waals surface area contributed by atoms with Crippen LogP contribution in [0, 0.1) is 0 Å². The Labute approximate surface area is 168 Å². The molecule has 1 aliphatic heterocycles. The quantitative estimate of drug-likeness (QED) is 0.539. The van der Waals surface area contributed by atoms with E-state index in [1.807, 2.05) is 24.3 Å². The molecule has 28 heavy (non-hydrogen) atoms. The molecular formula is C22H32N4O2. The summed E-state index contributed by atoms with van der Waals surface area (Å²) in [6, 6.07) is 12.8. The molecule has 2 heterocycles. The Morgan fingerprint density at radius 2 is 2.18 bits per heavy atom. The van der Waals surface area contributed by atoms with E-state index in [2.05, 4.69) is 41.5 Å². The summed E-state index contributed by atoms with van der Waals surface area (Å²) in [4.78, 5) is 7.15. The van der Waals surface area contributed by atoms with Crippen molar-refractivity contribution in [1.82, 2.24) is 10.6 Å². The number of methoxy groups -OCH3 is 1. The number of para-hydroxylation sites is 2. The number of ether oxygens (including phenoxy) is 1. The van der Waals surface area contributed by atoms with Gasteiger partial charge in [0.2, 0.25) is 0 Å². The van der Waals surface area contributed by atoms with Gasteiger partial charge in [0, 0.05) is 38.1 Å². The number of hydrogen-bond donors (Lipinski definition) is 2. The van der Waals surface area contributed by atoms with Crippen LogP contribution < -0.4 is 20.3 Å². The first kappa shape index (κ1) is 20.1. The summed E-state index contributed by atoms with van der Waals surface area (Å²) in [5.41, 5.74) is 1.15. The second-order valence-corrected chi connectivity index (χ2v) is 7.26. The lowest BCUT2D eigenvalue weighted by molar-refractivity contribution is 0.415. The number of hydrogen-bond acceptors (Lipinski definition) is 4. The fourth-order valence-corrected chi connectivity index (χ4v) is 3.38. The molecule has 6 nitrogen and oxygen atoms in total. The van der Waals surface area contributed by atoms with Crippen molar-refractivity contribution < 1.29 is 9.15 Å². The molecule has 6 heteroatoms. The molecule has 0 aliphatic carbocycles. The number of guanidine groups is 1. The summed E-state index contributed by atoms with van der Waals surface area (Å²) in [7, 11) is 1.73. The second kappa shape index (κ2) is 10.1. The van der Waals surface area contributed by atoms with Crippen LogP contribution in [0.4, 0.5) is 5.69 Å². The van der Waals surface area contributed by atoms with Crippen LogP contribution >= 0.6 is 0 Å². The minimum Gasteiger partial charge on any atom is -0.495 e. The molecule has 0 bridgehead atoms. The Balaban J connectivity index is 1.60. The van der Waals surface area contributed by atoms with Crippen LogP contribution in [0.1, 0.15) is 32.4 Å². The first-order chi connectivity index (χ1) is 13.7. The fourth-order valence-electron chi connectivity index (χ4n) is 3.38. The maximum absolute atomic E-state index is 5.52. The van der Waals surface area contributed by atoms with Crippen molar-refractivity contribution in [3.05, 3.63) is 48.4 Å². The first-order valence-electron chi connectivity index (χ1n) is 10.2. The highest BCUT2D eigenvalue weighted by molar-refractivity contribution is 5.80. The van der Waals surface area contributed by atoms with Crippen LogP contribution in [-0.4, -0.2) is 44.8 Å². The average molecular weight is 385 g/mol. The highest BCUT2D eigenvalue weighted by atomic mass is 16.5. The zero-order chi connectivity index (χ0) is 19.8. The van der Waals surface area contributed by atoms with E-state index < -0.39 is 0 Å². The molecule has 3 rings (SSSR count). The molecule has 2 N–H and O–H groups in total. The Kier molecular flexibility index (Phi) is 7.23. The summed E-state index contributed by atoms with van der Waals surface area (Å²) in [6.45, 7) is 6.99. The van der Waals surface area contributed by atoms with E-state index in [0.717, 1.165) is 55.5 Å². The Morgan fingerprint density at radius 3 is 2.93 bits per heavy atom. The highest BCUT2D eigenvalue weighted by Gasteiger charge is 2.25. The Hall–Kier alpha value is -2.63. The van der Waals surface area contributed by atoms with Crippen molar-refractivity contribution in [3.8, 4) is 5.75 Å². The molecule has 1 saturated heterocycles. The van der Waals surface area contributed by atoms with Crippen molar-refractivity contribution in [2.75, 3.05) is 31.6 Å². The lowest BCUT2D eigenvalue weighted by Gasteiger charge is -2.23. The lowest BCUT2D eigenvalue weighted by Crippen LogP contribution is -2.47. The normalized spacial score (nSPS) is 18.2. The molecule has 0 radical (unpaired) electrons. The van der Waals surface area contributed by atoms with Gasteiger partial charge in [-0.2, -0.15) is 0 Å². The summed E-state index contributed by atoms with van der Waals surface area (Å²) in [5.74, 6) is 2.77. The standard InChI is InChI=1S/C22H32N4O2/c1-4-17(2)24-22(23-13-11-19-8-7-15-28-19)25-18-12-14-26(16-18)20-9-5-6-10-21(20)27-3/h5-10,15,17-18H,4,11-14,16H2,1-3H3,(H2,23,24,25). The van der Waals surface area contributed by atoms with Gasteiger partial charge in [0.05, 0.1) is 19.1 Å². The van der Waals surface area contributed by atoms with Gasteiger partial charge in [-0.05, 0) is 44.0 Å². The minimum absolute atomic E-state index is 0.351. The van der Waals surface area contributed by atoms with Gasteiger partial charge < -0.3 is 24.7 Å². The maximum Gasteiger partial charge on any atom is 0.191 e. The van der Waals surface area contributed by atoms with E-state index in [1.165, 1.54) is 0 Å². The number of anilines is 1. The molecule has 1 fully saturated rings. The van der Waals surface area contributed by atoms with Crippen LogP contribution in [0.3, 0.4) is 0 Å². The molecule has 2 unspecified atom stereocenters. The number of nitrogens with zero attached hydrogens (tertiary/aromatic N) is 2. The number of aliphatic imine (C=N–C) groups is 1. The summed E-state index contributed by atoms with van der Waals surface area (Å²) >= 11 is 0. The molecule has 2 aromatic rings. The number of furan rings is 1. The third-order valence-electron chi connectivity index (χ3n) is 5.16. The van der Waals surface area contributed by atoms with Gasteiger partial charge >= 0.3 is 0 Å². The lowest BCUT2D eigenvalue weighted by atomic mass is 10.2. The predicted octanol–water partition coefficient (Wildman–Crippen LogP) is 3.44. The second-order valence-electron chi connectivity index (χ2n) is 7.26. The third-order valence-corrected chi connectivity index (χ3v) is 5.16. The first-order valence-corrected chi connectivity index (χ1v) is 10.2. The van der Waals surface area contributed by atoms with Gasteiger partial charge in [0.1, 0.15) is 11.5 Å². The van der Waals surface area contributed by atoms with Crippen LogP contribution in [0.15, 0.2) is 52.1 Å². The van der Waals surface area contributed by atoms with Gasteiger partial charge in [-0.1, -0.05) is 19.1 Å². The zero-order valence-corrected chi connectivity index (χ0v) is 17.1. The highest BCUT2D eigenvalue weighted by Crippen LogP contribution is 2.30. The van der Waals surface area contributed by atoms with Gasteiger partial charge in [0.25, 0.3) is 0 Å². The van der Waals surface area contributed by atoms with E-state index in [4.69, 9.17) is 14.1 Å². The number of rotatable bonds is 8. The summed E-state index contributed by atoms with van der Waals surface area (Å²) in [5, 5.41) is 7.14. The van der Waals surface area contributed by atoms with Crippen molar-refractivity contribution in [3.63, 3.8) is 0 Å². The Morgan fingerprint density at radius 1 is 1.32 bits per heavy atom. The van der Waals surface area contributed by atoms with Gasteiger partial charge in [0.15, 0.2) is 5.96 Å². The SMILES string of the molecule is CCC(C)NC(=NCCc1ccco1)NC1CCN(c2ccccc2OC)C1. The summed E-state index contributed by atoms with van der Waals surface area (Å²) in [6.07, 6.45) is 4.63. The largest absolute Gasteiger partial charge is 0.495 e. The van der Waals surface area contributed by atoms with Crippen molar-refractivity contribution in [2.24, 2.45) is 4.99 Å². The smallest absolute Gasteiger partial charge is 0.191 e. The molecule has 1 aromatic heterocycles. The summed E-state index contributed by atoms with van der Waals surface area (Å²) < 4.78 is 10.9. The molecule has 0 amide bonds. The predicted molar refractivity (Wildman–Crippen MR) is 114 cm³/mol. The van der Waals surface area contributed by atoms with Crippen molar-refractivity contribution >= 4 is 11.6 Å². The van der Waals surface area contributed by atoms with E-state index in [1.54, 1.807) is 13.4 Å². The van der Waals surface area contributed by atoms with Crippen molar-refractivity contribution in [2.45, 2.75) is 45.2 Å². The van der Waals surface area contributed by atoms with Crippen LogP contribution in [-0.2, 0) is 6.42 Å². The fraction of sp³-hybridized carbons (Fsp3) is 0.500. The van der Waals surface area contributed by atoms with Crippen molar-refractivity contribution in [1.29, 1.82) is 0 Å². The molecular weight excluding hydrogens is 352 g/mol. The van der Waals surface area contributed by atoms with E-state index in [0.29, 0.717) is 18.6 Å². The molecule has 152 valence electrons. The molecule has 2 atom stereocenters. The van der Waals surface area contributed by atoms with E-state index >= 15 is 0 Å². The van der Waals surface area contributed by atoms with Gasteiger partial charge in [-0.25, -0.2) is 0 Å². The van der Waals surface area contributed by atoms with E-state index in [9.17, 15) is 0 Å².